The van der Waals surface area contributed by atoms with E-state index in [0.29, 0.717) is 11.8 Å². The summed E-state index contributed by atoms with van der Waals surface area (Å²) in [4.78, 5) is 5.14. The van der Waals surface area contributed by atoms with Crippen LogP contribution in [-0.4, -0.2) is 45.6 Å². The predicted molar refractivity (Wildman–Crippen MR) is 102 cm³/mol. The van der Waals surface area contributed by atoms with Gasteiger partial charge in [-0.25, -0.2) is 0 Å². The maximum absolute atomic E-state index is 5.96. The van der Waals surface area contributed by atoms with Crippen LogP contribution in [-0.2, 0) is 4.74 Å². The molecule has 1 fully saturated rings. The Morgan fingerprint density at radius 1 is 1.32 bits per heavy atom. The lowest BCUT2D eigenvalue weighted by atomic mass is 9.74. The second kappa shape index (κ2) is 8.50. The number of nitrogens with one attached hydrogen (secondary N) is 2. The van der Waals surface area contributed by atoms with E-state index in [2.05, 4.69) is 59.1 Å². The Labute approximate surface area is 153 Å². The maximum atomic E-state index is 5.96. The summed E-state index contributed by atoms with van der Waals surface area (Å²) in [7, 11) is 4.48. The molecular formula is C21H38N2O2+2. The average molecular weight is 351 g/mol. The molecule has 1 aromatic heterocycles. The van der Waals surface area contributed by atoms with Gasteiger partial charge in [0.1, 0.15) is 23.9 Å². The Hall–Kier alpha value is -1.13. The Morgan fingerprint density at radius 3 is 2.64 bits per heavy atom. The summed E-state index contributed by atoms with van der Waals surface area (Å²) in [6, 6.07) is 4.09. The SMILES string of the molecule is CC(C)[C@@H](CC[NH+]=C[C@@]1(C[NH+](C)C)CCOC(C)(C)C1)c1ccco1. The largest absolute Gasteiger partial charge is 0.469 e. The molecule has 2 atom stereocenters. The second-order valence-corrected chi connectivity index (χ2v) is 9.03. The summed E-state index contributed by atoms with van der Waals surface area (Å²) in [5.41, 5.74) is 0.166. The first-order valence-electron chi connectivity index (χ1n) is 9.77. The smallest absolute Gasteiger partial charge is 0.150 e. The van der Waals surface area contributed by atoms with E-state index in [4.69, 9.17) is 9.15 Å². The monoisotopic (exact) mass is 350 g/mol. The Kier molecular flexibility index (Phi) is 6.86. The van der Waals surface area contributed by atoms with Gasteiger partial charge in [-0.2, -0.15) is 0 Å². The Bertz CT molecular complexity index is 534. The first-order valence-corrected chi connectivity index (χ1v) is 9.77. The predicted octanol–water partition coefficient (Wildman–Crippen LogP) is 1.28. The van der Waals surface area contributed by atoms with Gasteiger partial charge in [-0.3, -0.25) is 4.99 Å². The van der Waals surface area contributed by atoms with Crippen LogP contribution in [0.25, 0.3) is 0 Å². The van der Waals surface area contributed by atoms with Gasteiger partial charge >= 0.3 is 0 Å². The zero-order valence-electron chi connectivity index (χ0n) is 17.0. The van der Waals surface area contributed by atoms with E-state index in [1.54, 1.807) is 6.26 Å². The fraction of sp³-hybridized carbons (Fsp3) is 0.762. The lowest BCUT2D eigenvalue weighted by Gasteiger charge is -2.41. The second-order valence-electron chi connectivity index (χ2n) is 9.03. The van der Waals surface area contributed by atoms with Crippen LogP contribution in [0.15, 0.2) is 22.8 Å². The Morgan fingerprint density at radius 2 is 2.08 bits per heavy atom. The molecular weight excluding hydrogens is 312 g/mol. The summed E-state index contributed by atoms with van der Waals surface area (Å²) < 4.78 is 11.6. The molecule has 25 heavy (non-hydrogen) atoms. The fourth-order valence-electron chi connectivity index (χ4n) is 4.38. The molecule has 0 aliphatic carbocycles. The number of rotatable bonds is 8. The van der Waals surface area contributed by atoms with Crippen molar-refractivity contribution in [2.75, 3.05) is 33.8 Å². The van der Waals surface area contributed by atoms with Crippen LogP contribution in [0.5, 0.6) is 0 Å². The molecule has 142 valence electrons. The first kappa shape index (κ1) is 20.2. The van der Waals surface area contributed by atoms with Crippen molar-refractivity contribution >= 4 is 6.21 Å². The summed E-state index contributed by atoms with van der Waals surface area (Å²) in [5, 5.41) is 0. The summed E-state index contributed by atoms with van der Waals surface area (Å²) in [6.45, 7) is 11.9. The van der Waals surface area contributed by atoms with E-state index in [1.165, 1.54) is 4.90 Å². The minimum atomic E-state index is -0.0412. The zero-order chi connectivity index (χ0) is 18.5. The van der Waals surface area contributed by atoms with Crippen molar-refractivity contribution in [3.8, 4) is 0 Å². The van der Waals surface area contributed by atoms with Crippen molar-refractivity contribution < 1.29 is 19.0 Å². The van der Waals surface area contributed by atoms with Gasteiger partial charge in [0.15, 0.2) is 0 Å². The molecule has 2 N–H and O–H groups in total. The normalized spacial score (nSPS) is 25.1. The molecule has 0 spiro atoms. The molecule has 1 aliphatic rings. The van der Waals surface area contributed by atoms with Crippen molar-refractivity contribution in [2.45, 2.75) is 58.5 Å². The molecule has 2 rings (SSSR count). The minimum Gasteiger partial charge on any atom is -0.469 e. The third-order valence-electron chi connectivity index (χ3n) is 5.30. The van der Waals surface area contributed by atoms with E-state index < -0.39 is 0 Å². The third kappa shape index (κ3) is 5.96. The lowest BCUT2D eigenvalue weighted by molar-refractivity contribution is -0.864. The number of hydrogen-bond donors (Lipinski definition) is 2. The van der Waals surface area contributed by atoms with Gasteiger partial charge in [0.05, 0.1) is 32.5 Å². The van der Waals surface area contributed by atoms with Crippen molar-refractivity contribution in [1.82, 2.24) is 0 Å². The number of hydrogen-bond acceptors (Lipinski definition) is 2. The van der Waals surface area contributed by atoms with Crippen LogP contribution < -0.4 is 9.89 Å². The standard InChI is InChI=1S/C21H36N2O2/c1-17(2)18(19-8-7-12-24-19)9-11-22-15-21(16-23(5)6)10-13-25-20(3,4)14-21/h7-8,12,15,17-18H,9-11,13-14,16H2,1-6H3/p+2/t18-,21-/m1/s1. The number of ether oxygens (including phenoxy) is 1. The molecule has 1 aromatic rings. The van der Waals surface area contributed by atoms with Gasteiger partial charge < -0.3 is 14.1 Å². The van der Waals surface area contributed by atoms with Crippen LogP contribution in [0, 0.1) is 11.3 Å². The third-order valence-corrected chi connectivity index (χ3v) is 5.30. The van der Waals surface area contributed by atoms with Crippen LogP contribution in [0.1, 0.15) is 58.6 Å². The summed E-state index contributed by atoms with van der Waals surface area (Å²) >= 11 is 0. The van der Waals surface area contributed by atoms with E-state index in [9.17, 15) is 0 Å². The van der Waals surface area contributed by atoms with E-state index >= 15 is 0 Å². The molecule has 1 aliphatic heterocycles. The Balaban J connectivity index is 2.01. The molecule has 2 heterocycles. The molecule has 0 aromatic carbocycles. The molecule has 4 heteroatoms. The molecule has 0 radical (unpaired) electrons. The van der Waals surface area contributed by atoms with Crippen molar-refractivity contribution in [2.24, 2.45) is 11.3 Å². The zero-order valence-corrected chi connectivity index (χ0v) is 17.0. The first-order chi connectivity index (χ1) is 11.7. The van der Waals surface area contributed by atoms with Gasteiger partial charge in [0.2, 0.25) is 0 Å². The molecule has 1 saturated heterocycles. The minimum absolute atomic E-state index is 0.0412. The number of quaternary nitrogens is 1. The van der Waals surface area contributed by atoms with Gasteiger partial charge in [-0.05, 0) is 44.7 Å². The van der Waals surface area contributed by atoms with Gasteiger partial charge in [-0.1, -0.05) is 13.8 Å². The van der Waals surface area contributed by atoms with E-state index in [1.807, 2.05) is 6.07 Å². The fourth-order valence-corrected chi connectivity index (χ4v) is 4.38. The highest BCUT2D eigenvalue weighted by Crippen LogP contribution is 2.36. The van der Waals surface area contributed by atoms with Crippen LogP contribution >= 0.6 is 0 Å². The number of furan rings is 1. The summed E-state index contributed by atoms with van der Waals surface area (Å²) in [6.07, 6.45) is 7.42. The maximum Gasteiger partial charge on any atom is 0.150 e. The highest BCUT2D eigenvalue weighted by atomic mass is 16.5. The van der Waals surface area contributed by atoms with Crippen LogP contribution in [0.2, 0.25) is 0 Å². The van der Waals surface area contributed by atoms with E-state index in [0.717, 1.165) is 44.7 Å². The molecule has 0 saturated carbocycles. The van der Waals surface area contributed by atoms with Crippen molar-refractivity contribution in [1.29, 1.82) is 0 Å². The molecule has 4 nitrogen and oxygen atoms in total. The van der Waals surface area contributed by atoms with Crippen molar-refractivity contribution in [3.05, 3.63) is 24.2 Å². The van der Waals surface area contributed by atoms with Gasteiger partial charge in [-0.15, -0.1) is 0 Å². The van der Waals surface area contributed by atoms with Gasteiger partial charge in [0.25, 0.3) is 0 Å². The van der Waals surface area contributed by atoms with Crippen LogP contribution in [0.4, 0.5) is 0 Å². The molecule has 0 unspecified atom stereocenters. The highest BCUT2D eigenvalue weighted by Gasteiger charge is 2.44. The average Bonchev–Trinajstić information content (AvgIpc) is 2.98. The van der Waals surface area contributed by atoms with Crippen LogP contribution in [0.3, 0.4) is 0 Å². The molecule has 0 amide bonds. The summed E-state index contributed by atoms with van der Waals surface area (Å²) in [5.74, 6) is 2.16. The lowest BCUT2D eigenvalue weighted by Crippen LogP contribution is -3.07. The quantitative estimate of drug-likeness (QED) is 0.694. The topological polar surface area (TPSA) is 40.8 Å². The van der Waals surface area contributed by atoms with E-state index in [-0.39, 0.29) is 11.0 Å². The van der Waals surface area contributed by atoms with Crippen molar-refractivity contribution in [3.63, 3.8) is 0 Å². The highest BCUT2D eigenvalue weighted by molar-refractivity contribution is 5.60. The molecule has 0 bridgehead atoms. The van der Waals surface area contributed by atoms with Gasteiger partial charge in [0, 0.05) is 18.9 Å².